The van der Waals surface area contributed by atoms with Gasteiger partial charge in [0.2, 0.25) is 0 Å². The fourth-order valence-corrected chi connectivity index (χ4v) is 5.13. The monoisotopic (exact) mass is 284 g/mol. The van der Waals surface area contributed by atoms with Gasteiger partial charge in [-0.1, -0.05) is 0 Å². The van der Waals surface area contributed by atoms with Crippen molar-refractivity contribution in [1.82, 2.24) is 10.3 Å². The van der Waals surface area contributed by atoms with Crippen molar-refractivity contribution in [1.29, 1.82) is 0 Å². The standard InChI is InChI=1S/C13H20N2OS2/c1-12(2)9-10(13(3,4)16-12)18-11(15-9)8-7-17-6-5-14-8/h8,14H,5-7H2,1-4H3. The summed E-state index contributed by atoms with van der Waals surface area (Å²) in [6.45, 7) is 9.61. The molecule has 100 valence electrons. The third-order valence-corrected chi connectivity index (χ3v) is 6.03. The average Bonchev–Trinajstić information content (AvgIpc) is 2.80. The molecule has 3 rings (SSSR count). The van der Waals surface area contributed by atoms with E-state index >= 15 is 0 Å². The van der Waals surface area contributed by atoms with Gasteiger partial charge in [0.15, 0.2) is 0 Å². The Hall–Kier alpha value is -0.100. The van der Waals surface area contributed by atoms with Crippen LogP contribution < -0.4 is 5.32 Å². The fourth-order valence-electron chi connectivity index (χ4n) is 2.76. The van der Waals surface area contributed by atoms with Crippen molar-refractivity contribution in [3.8, 4) is 0 Å². The maximum Gasteiger partial charge on any atom is 0.111 e. The molecule has 1 unspecified atom stereocenters. The van der Waals surface area contributed by atoms with Crippen LogP contribution in [0.1, 0.15) is 49.3 Å². The quantitative estimate of drug-likeness (QED) is 0.859. The lowest BCUT2D eigenvalue weighted by Gasteiger charge is -2.26. The molecule has 18 heavy (non-hydrogen) atoms. The molecule has 2 aliphatic rings. The van der Waals surface area contributed by atoms with E-state index in [0.29, 0.717) is 6.04 Å². The van der Waals surface area contributed by atoms with E-state index in [9.17, 15) is 0 Å². The highest BCUT2D eigenvalue weighted by Gasteiger charge is 2.46. The predicted octanol–water partition coefficient (Wildman–Crippen LogP) is 3.02. The summed E-state index contributed by atoms with van der Waals surface area (Å²) in [5.74, 6) is 2.34. The number of ether oxygens (including phenoxy) is 1. The summed E-state index contributed by atoms with van der Waals surface area (Å²) in [6.07, 6.45) is 0. The van der Waals surface area contributed by atoms with Crippen LogP contribution in [0.4, 0.5) is 0 Å². The molecule has 0 saturated carbocycles. The van der Waals surface area contributed by atoms with Gasteiger partial charge in [0, 0.05) is 18.1 Å². The highest BCUT2D eigenvalue weighted by Crippen LogP contribution is 2.49. The van der Waals surface area contributed by atoms with Crippen LogP contribution >= 0.6 is 23.1 Å². The Morgan fingerprint density at radius 2 is 2.06 bits per heavy atom. The minimum atomic E-state index is -0.255. The second-order valence-electron chi connectivity index (χ2n) is 5.93. The van der Waals surface area contributed by atoms with E-state index in [1.54, 1.807) is 0 Å². The minimum Gasteiger partial charge on any atom is -0.358 e. The lowest BCUT2D eigenvalue weighted by atomic mass is 10.0. The Kier molecular flexibility index (Phi) is 3.01. The molecule has 1 saturated heterocycles. The molecule has 0 aromatic carbocycles. The number of thioether (sulfide) groups is 1. The molecule has 1 aromatic heterocycles. The molecule has 1 atom stereocenters. The Morgan fingerprint density at radius 3 is 2.67 bits per heavy atom. The first-order valence-electron chi connectivity index (χ1n) is 6.43. The summed E-state index contributed by atoms with van der Waals surface area (Å²) in [4.78, 5) is 6.19. The Bertz CT molecular complexity index is 430. The first-order valence-corrected chi connectivity index (χ1v) is 8.40. The molecule has 1 N–H and O–H groups in total. The van der Waals surface area contributed by atoms with E-state index in [-0.39, 0.29) is 11.2 Å². The van der Waals surface area contributed by atoms with Crippen LogP contribution in [0.25, 0.3) is 0 Å². The molecule has 0 aliphatic carbocycles. The SMILES string of the molecule is CC1(C)OC(C)(C)c2sc(C3CSCCN3)nc21. The third-order valence-electron chi connectivity index (χ3n) is 3.49. The van der Waals surface area contributed by atoms with Gasteiger partial charge in [0.05, 0.1) is 22.2 Å². The number of aromatic nitrogens is 1. The van der Waals surface area contributed by atoms with E-state index in [2.05, 4.69) is 33.0 Å². The summed E-state index contributed by atoms with van der Waals surface area (Å²) in [7, 11) is 0. The van der Waals surface area contributed by atoms with Crippen molar-refractivity contribution >= 4 is 23.1 Å². The predicted molar refractivity (Wildman–Crippen MR) is 77.3 cm³/mol. The topological polar surface area (TPSA) is 34.1 Å². The van der Waals surface area contributed by atoms with Gasteiger partial charge in [-0.05, 0) is 27.7 Å². The molecule has 0 radical (unpaired) electrons. The van der Waals surface area contributed by atoms with E-state index in [1.165, 1.54) is 15.6 Å². The molecule has 1 fully saturated rings. The highest BCUT2D eigenvalue weighted by atomic mass is 32.2. The molecule has 0 spiro atoms. The number of nitrogens with zero attached hydrogens (tertiary/aromatic N) is 1. The normalized spacial score (nSPS) is 29.2. The number of nitrogens with one attached hydrogen (secondary N) is 1. The maximum atomic E-state index is 6.11. The van der Waals surface area contributed by atoms with Gasteiger partial charge in [-0.2, -0.15) is 11.8 Å². The van der Waals surface area contributed by atoms with Crippen LogP contribution in [0.2, 0.25) is 0 Å². The lowest BCUT2D eigenvalue weighted by molar-refractivity contribution is -0.105. The molecule has 0 amide bonds. The van der Waals surface area contributed by atoms with Gasteiger partial charge in [-0.15, -0.1) is 11.3 Å². The molecule has 1 aromatic rings. The second-order valence-corrected chi connectivity index (χ2v) is 8.11. The Balaban J connectivity index is 1.97. The van der Waals surface area contributed by atoms with Crippen molar-refractivity contribution in [3.63, 3.8) is 0 Å². The summed E-state index contributed by atoms with van der Waals surface area (Å²) in [5, 5.41) is 4.80. The van der Waals surface area contributed by atoms with Gasteiger partial charge in [0.25, 0.3) is 0 Å². The number of fused-ring (bicyclic) bond motifs is 1. The van der Waals surface area contributed by atoms with Crippen LogP contribution in [0.15, 0.2) is 0 Å². The summed E-state index contributed by atoms with van der Waals surface area (Å²) in [6, 6.07) is 0.422. The molecule has 3 heterocycles. The number of hydrogen-bond acceptors (Lipinski definition) is 5. The summed E-state index contributed by atoms with van der Waals surface area (Å²) >= 11 is 3.84. The first-order chi connectivity index (χ1) is 8.40. The minimum absolute atomic E-state index is 0.198. The van der Waals surface area contributed by atoms with Gasteiger partial charge in [0.1, 0.15) is 10.6 Å². The molecular formula is C13H20N2OS2. The van der Waals surface area contributed by atoms with Crippen molar-refractivity contribution in [3.05, 3.63) is 15.6 Å². The van der Waals surface area contributed by atoms with Crippen LogP contribution in [-0.2, 0) is 15.9 Å². The Labute approximate surface area is 117 Å². The van der Waals surface area contributed by atoms with Crippen LogP contribution in [0.3, 0.4) is 0 Å². The average molecular weight is 284 g/mol. The number of rotatable bonds is 1. The molecule has 5 heteroatoms. The largest absolute Gasteiger partial charge is 0.358 e. The van der Waals surface area contributed by atoms with Crippen LogP contribution in [-0.4, -0.2) is 23.0 Å². The van der Waals surface area contributed by atoms with Crippen molar-refractivity contribution in [2.45, 2.75) is 44.9 Å². The second kappa shape index (κ2) is 4.20. The number of thiazole rings is 1. The third kappa shape index (κ3) is 2.01. The van der Waals surface area contributed by atoms with Gasteiger partial charge in [-0.25, -0.2) is 4.98 Å². The fraction of sp³-hybridized carbons (Fsp3) is 0.769. The van der Waals surface area contributed by atoms with Gasteiger partial charge < -0.3 is 10.1 Å². The lowest BCUT2D eigenvalue weighted by Crippen LogP contribution is -2.30. The van der Waals surface area contributed by atoms with Crippen molar-refractivity contribution < 1.29 is 4.74 Å². The van der Waals surface area contributed by atoms with E-state index < -0.39 is 0 Å². The zero-order valence-corrected chi connectivity index (χ0v) is 13.0. The zero-order chi connectivity index (χ0) is 13.0. The van der Waals surface area contributed by atoms with Crippen LogP contribution in [0.5, 0.6) is 0 Å². The van der Waals surface area contributed by atoms with Crippen molar-refractivity contribution in [2.24, 2.45) is 0 Å². The molecular weight excluding hydrogens is 264 g/mol. The molecule has 3 nitrogen and oxygen atoms in total. The van der Waals surface area contributed by atoms with Gasteiger partial charge in [-0.3, -0.25) is 0 Å². The van der Waals surface area contributed by atoms with E-state index in [1.807, 2.05) is 23.1 Å². The maximum absolute atomic E-state index is 6.11. The summed E-state index contributed by atoms with van der Waals surface area (Å²) in [5.41, 5.74) is 0.691. The van der Waals surface area contributed by atoms with Crippen molar-refractivity contribution in [2.75, 3.05) is 18.1 Å². The van der Waals surface area contributed by atoms with Gasteiger partial charge >= 0.3 is 0 Å². The first kappa shape index (κ1) is 12.9. The number of hydrogen-bond donors (Lipinski definition) is 1. The smallest absolute Gasteiger partial charge is 0.111 e. The molecule has 0 bridgehead atoms. The Morgan fingerprint density at radius 1 is 1.28 bits per heavy atom. The van der Waals surface area contributed by atoms with E-state index in [0.717, 1.165) is 18.0 Å². The molecule has 2 aliphatic heterocycles. The summed E-state index contributed by atoms with van der Waals surface area (Å²) < 4.78 is 6.11. The van der Waals surface area contributed by atoms with Crippen LogP contribution in [0, 0.1) is 0 Å². The zero-order valence-electron chi connectivity index (χ0n) is 11.4. The van der Waals surface area contributed by atoms with E-state index in [4.69, 9.17) is 9.72 Å². The highest BCUT2D eigenvalue weighted by molar-refractivity contribution is 7.99.